The molecule has 0 saturated heterocycles. The van der Waals surface area contributed by atoms with E-state index in [0.717, 1.165) is 12.8 Å². The maximum Gasteiger partial charge on any atom is 0.422 e. The van der Waals surface area contributed by atoms with Crippen molar-refractivity contribution in [2.45, 2.75) is 44.7 Å². The van der Waals surface area contributed by atoms with Gasteiger partial charge in [-0.3, -0.25) is 4.79 Å². The molecular weight excluding hydrogens is 233 g/mol. The number of fused-ring (bicyclic) bond motifs is 1. The molecule has 1 aliphatic rings. The lowest BCUT2D eigenvalue weighted by molar-refractivity contribution is -0.139. The van der Waals surface area contributed by atoms with Crippen molar-refractivity contribution in [3.05, 3.63) is 27.2 Å². The monoisotopic (exact) mass is 246 g/mol. The Bertz CT molecular complexity index is 479. The first-order valence-corrected chi connectivity index (χ1v) is 5.63. The van der Waals surface area contributed by atoms with Crippen LogP contribution in [0.5, 0.6) is 0 Å². The number of halogens is 3. The Morgan fingerprint density at radius 1 is 1.47 bits per heavy atom. The molecule has 1 aromatic rings. The second kappa shape index (κ2) is 4.16. The number of hydrogen-bond donors (Lipinski definition) is 1. The predicted octanol–water partition coefficient (Wildman–Crippen LogP) is 2.62. The lowest BCUT2D eigenvalue weighted by atomic mass is 10.0. The normalized spacial score (nSPS) is 19.4. The van der Waals surface area contributed by atoms with Gasteiger partial charge in [-0.1, -0.05) is 13.3 Å². The van der Waals surface area contributed by atoms with Gasteiger partial charge in [0.05, 0.1) is 5.69 Å². The average molecular weight is 246 g/mol. The van der Waals surface area contributed by atoms with Gasteiger partial charge in [0.25, 0.3) is 5.56 Å². The highest BCUT2D eigenvalue weighted by molar-refractivity contribution is 5.36. The summed E-state index contributed by atoms with van der Waals surface area (Å²) in [5, 5.41) is 5.77. The van der Waals surface area contributed by atoms with Gasteiger partial charge < -0.3 is 0 Å². The largest absolute Gasteiger partial charge is 0.422 e. The van der Waals surface area contributed by atoms with Crippen LogP contribution in [-0.2, 0) is 12.6 Å². The van der Waals surface area contributed by atoms with Crippen LogP contribution in [-0.4, -0.2) is 10.2 Å². The molecule has 1 heterocycles. The molecule has 0 radical (unpaired) electrons. The highest BCUT2D eigenvalue weighted by Gasteiger charge is 2.40. The Labute approximate surface area is 96.0 Å². The molecule has 17 heavy (non-hydrogen) atoms. The number of hydrogen-bond acceptors (Lipinski definition) is 2. The topological polar surface area (TPSA) is 45.8 Å². The lowest BCUT2D eigenvalue weighted by Gasteiger charge is -2.11. The minimum absolute atomic E-state index is 0.0490. The highest BCUT2D eigenvalue weighted by atomic mass is 19.4. The van der Waals surface area contributed by atoms with E-state index >= 15 is 0 Å². The summed E-state index contributed by atoms with van der Waals surface area (Å²) in [5.41, 5.74) is -1.66. The summed E-state index contributed by atoms with van der Waals surface area (Å²) < 4.78 is 38.3. The summed E-state index contributed by atoms with van der Waals surface area (Å²) in [4.78, 5) is 11.3. The van der Waals surface area contributed by atoms with E-state index < -0.39 is 17.3 Å². The van der Waals surface area contributed by atoms with E-state index in [9.17, 15) is 18.0 Å². The van der Waals surface area contributed by atoms with Gasteiger partial charge in [0.1, 0.15) is 5.56 Å². The molecule has 1 aliphatic carbocycles. The molecule has 6 heteroatoms. The summed E-state index contributed by atoms with van der Waals surface area (Å²) in [6, 6.07) is 0. The average Bonchev–Trinajstić information content (AvgIpc) is 2.59. The number of alkyl halides is 3. The Morgan fingerprint density at radius 2 is 2.18 bits per heavy atom. The molecule has 94 valence electrons. The number of aromatic nitrogens is 2. The first-order valence-electron chi connectivity index (χ1n) is 5.63. The molecule has 0 bridgehead atoms. The third-order valence-corrected chi connectivity index (χ3v) is 3.17. The molecule has 0 aromatic carbocycles. The van der Waals surface area contributed by atoms with E-state index in [1.165, 1.54) is 0 Å². The van der Waals surface area contributed by atoms with Crippen LogP contribution in [0.15, 0.2) is 4.79 Å². The molecule has 0 spiro atoms. The fourth-order valence-electron chi connectivity index (χ4n) is 2.47. The molecular formula is C11H13F3N2O. The SMILES string of the molecule is CCCC1CCc2c1n[nH]c(=O)c2C(F)(F)F. The number of nitrogens with zero attached hydrogens (tertiary/aromatic N) is 1. The molecule has 1 N–H and O–H groups in total. The van der Waals surface area contributed by atoms with Crippen molar-refractivity contribution < 1.29 is 13.2 Å². The molecule has 0 fully saturated rings. The molecule has 0 aliphatic heterocycles. The first kappa shape index (κ1) is 12.1. The van der Waals surface area contributed by atoms with Gasteiger partial charge in [-0.25, -0.2) is 5.10 Å². The van der Waals surface area contributed by atoms with Crippen molar-refractivity contribution in [3.8, 4) is 0 Å². The van der Waals surface area contributed by atoms with Crippen molar-refractivity contribution in [2.24, 2.45) is 0 Å². The second-order valence-electron chi connectivity index (χ2n) is 4.31. The van der Waals surface area contributed by atoms with Crippen molar-refractivity contribution >= 4 is 0 Å². The zero-order valence-corrected chi connectivity index (χ0v) is 9.40. The van der Waals surface area contributed by atoms with Crippen molar-refractivity contribution in [1.29, 1.82) is 0 Å². The Morgan fingerprint density at radius 3 is 2.76 bits per heavy atom. The van der Waals surface area contributed by atoms with Crippen LogP contribution in [0.25, 0.3) is 0 Å². The van der Waals surface area contributed by atoms with Crippen LogP contribution in [0, 0.1) is 0 Å². The fraction of sp³-hybridized carbons (Fsp3) is 0.636. The van der Waals surface area contributed by atoms with Gasteiger partial charge in [-0.2, -0.15) is 18.3 Å². The van der Waals surface area contributed by atoms with Gasteiger partial charge in [-0.15, -0.1) is 0 Å². The maximum atomic E-state index is 12.8. The van der Waals surface area contributed by atoms with Crippen LogP contribution < -0.4 is 5.56 Å². The van der Waals surface area contributed by atoms with Crippen molar-refractivity contribution in [2.75, 3.05) is 0 Å². The van der Waals surface area contributed by atoms with Crippen LogP contribution in [0.3, 0.4) is 0 Å². The summed E-state index contributed by atoms with van der Waals surface area (Å²) in [7, 11) is 0. The van der Waals surface area contributed by atoms with Gasteiger partial charge >= 0.3 is 6.18 Å². The number of aromatic amines is 1. The van der Waals surface area contributed by atoms with Gasteiger partial charge in [0.2, 0.25) is 0 Å². The van der Waals surface area contributed by atoms with E-state index in [1.54, 1.807) is 0 Å². The quantitative estimate of drug-likeness (QED) is 0.871. The van der Waals surface area contributed by atoms with Crippen LogP contribution in [0.4, 0.5) is 13.2 Å². The minimum atomic E-state index is -4.60. The van der Waals surface area contributed by atoms with Crippen LogP contribution in [0.1, 0.15) is 48.9 Å². The van der Waals surface area contributed by atoms with Crippen molar-refractivity contribution in [3.63, 3.8) is 0 Å². The van der Waals surface area contributed by atoms with Gasteiger partial charge in [0, 0.05) is 5.92 Å². The Balaban J connectivity index is 2.53. The Hall–Kier alpha value is -1.33. The highest BCUT2D eigenvalue weighted by Crippen LogP contribution is 2.39. The molecule has 3 nitrogen and oxygen atoms in total. The minimum Gasteiger partial charge on any atom is -0.267 e. The fourth-order valence-corrected chi connectivity index (χ4v) is 2.47. The summed E-state index contributed by atoms with van der Waals surface area (Å²) in [5.74, 6) is 0.0490. The van der Waals surface area contributed by atoms with Crippen LogP contribution >= 0.6 is 0 Å². The van der Waals surface area contributed by atoms with Gasteiger partial charge in [-0.05, 0) is 24.8 Å². The summed E-state index contributed by atoms with van der Waals surface area (Å²) >= 11 is 0. The molecule has 2 rings (SSSR count). The molecule has 0 amide bonds. The van der Waals surface area contributed by atoms with Crippen molar-refractivity contribution in [1.82, 2.24) is 10.2 Å². The molecule has 1 unspecified atom stereocenters. The van der Waals surface area contributed by atoms with E-state index in [4.69, 9.17) is 0 Å². The first-order chi connectivity index (χ1) is 7.95. The second-order valence-corrected chi connectivity index (χ2v) is 4.31. The number of nitrogens with one attached hydrogen (secondary N) is 1. The number of H-pyrrole nitrogens is 1. The van der Waals surface area contributed by atoms with E-state index in [-0.39, 0.29) is 11.5 Å². The van der Waals surface area contributed by atoms with Crippen LogP contribution in [0.2, 0.25) is 0 Å². The zero-order chi connectivity index (χ0) is 12.6. The summed E-state index contributed by atoms with van der Waals surface area (Å²) in [6.45, 7) is 1.98. The van der Waals surface area contributed by atoms with E-state index in [0.29, 0.717) is 18.5 Å². The van der Waals surface area contributed by atoms with Gasteiger partial charge in [0.15, 0.2) is 0 Å². The number of rotatable bonds is 2. The third-order valence-electron chi connectivity index (χ3n) is 3.17. The summed E-state index contributed by atoms with van der Waals surface area (Å²) in [6.07, 6.45) is -1.94. The smallest absolute Gasteiger partial charge is 0.267 e. The lowest BCUT2D eigenvalue weighted by Crippen LogP contribution is -2.25. The maximum absolute atomic E-state index is 12.8. The Kier molecular flexibility index (Phi) is 2.97. The molecule has 0 saturated carbocycles. The predicted molar refractivity (Wildman–Crippen MR) is 55.8 cm³/mol. The molecule has 1 aromatic heterocycles. The zero-order valence-electron chi connectivity index (χ0n) is 9.40. The van der Waals surface area contributed by atoms with E-state index in [2.05, 4.69) is 5.10 Å². The standard InChI is InChI=1S/C11H13F3N2O/c1-2-3-6-4-5-7-8(11(12,13)14)10(17)16-15-9(6)7/h6H,2-5H2,1H3,(H,16,17). The molecule has 1 atom stereocenters. The van der Waals surface area contributed by atoms with E-state index in [1.807, 2.05) is 12.0 Å². The third kappa shape index (κ3) is 2.08.